The Balaban J connectivity index is 1.79. The highest BCUT2D eigenvalue weighted by Gasteiger charge is 2.41. The molecule has 0 radical (unpaired) electrons. The van der Waals surface area contributed by atoms with Gasteiger partial charge in [-0.1, -0.05) is 22.8 Å². The second-order valence-corrected chi connectivity index (χ2v) is 7.69. The van der Waals surface area contributed by atoms with Gasteiger partial charge in [-0.2, -0.15) is 0 Å². The molecular formula is C19H18ClFN4O2S. The molecule has 1 amide bonds. The van der Waals surface area contributed by atoms with Gasteiger partial charge in [0.25, 0.3) is 5.91 Å². The molecule has 0 spiro atoms. The third-order valence-electron chi connectivity index (χ3n) is 4.84. The van der Waals surface area contributed by atoms with Gasteiger partial charge in [0.1, 0.15) is 11.6 Å². The first-order valence-electron chi connectivity index (χ1n) is 8.86. The van der Waals surface area contributed by atoms with Gasteiger partial charge in [-0.05, 0) is 51.0 Å². The molecule has 28 heavy (non-hydrogen) atoms. The summed E-state index contributed by atoms with van der Waals surface area (Å²) < 4.78 is 19.7. The molecule has 0 bridgehead atoms. The number of thiocarbonyl (C=S) groups is 1. The lowest BCUT2D eigenvalue weighted by Gasteiger charge is -2.38. The molecule has 2 heterocycles. The SMILES string of the molecule is CC1=C(C(=O)Nc2cc(C)on2)C(c2c(F)cccc2Cl)NC(=S)N1C1CC1. The van der Waals surface area contributed by atoms with Crippen molar-refractivity contribution in [1.29, 1.82) is 0 Å². The highest BCUT2D eigenvalue weighted by atomic mass is 35.5. The monoisotopic (exact) mass is 420 g/mol. The van der Waals surface area contributed by atoms with Crippen LogP contribution in [0.25, 0.3) is 0 Å². The van der Waals surface area contributed by atoms with Gasteiger partial charge in [0.15, 0.2) is 10.9 Å². The first kappa shape index (κ1) is 18.9. The Labute approximate surface area is 171 Å². The van der Waals surface area contributed by atoms with Crippen molar-refractivity contribution in [2.75, 3.05) is 5.32 Å². The number of aryl methyl sites for hydroxylation is 1. The van der Waals surface area contributed by atoms with E-state index in [1.807, 2.05) is 11.8 Å². The second-order valence-electron chi connectivity index (χ2n) is 6.90. The minimum Gasteiger partial charge on any atom is -0.360 e. The van der Waals surface area contributed by atoms with E-state index in [0.717, 1.165) is 12.8 Å². The van der Waals surface area contributed by atoms with E-state index < -0.39 is 17.8 Å². The van der Waals surface area contributed by atoms with Gasteiger partial charge >= 0.3 is 0 Å². The molecule has 1 aromatic heterocycles. The summed E-state index contributed by atoms with van der Waals surface area (Å²) in [6, 6.07) is 5.46. The molecule has 146 valence electrons. The lowest BCUT2D eigenvalue weighted by atomic mass is 9.93. The normalized spacial score (nSPS) is 19.6. The number of amides is 1. The number of anilines is 1. The molecule has 9 heteroatoms. The Morgan fingerprint density at radius 3 is 2.79 bits per heavy atom. The highest BCUT2D eigenvalue weighted by molar-refractivity contribution is 7.80. The predicted molar refractivity (Wildman–Crippen MR) is 107 cm³/mol. The molecule has 0 saturated heterocycles. The Bertz CT molecular complexity index is 981. The summed E-state index contributed by atoms with van der Waals surface area (Å²) in [7, 11) is 0. The number of rotatable bonds is 4. The van der Waals surface area contributed by atoms with Gasteiger partial charge in [-0.25, -0.2) is 4.39 Å². The molecule has 2 aromatic rings. The van der Waals surface area contributed by atoms with E-state index in [9.17, 15) is 9.18 Å². The van der Waals surface area contributed by atoms with Crippen molar-refractivity contribution in [2.24, 2.45) is 0 Å². The van der Waals surface area contributed by atoms with Crippen molar-refractivity contribution in [3.8, 4) is 0 Å². The zero-order valence-corrected chi connectivity index (χ0v) is 16.8. The Morgan fingerprint density at radius 1 is 1.43 bits per heavy atom. The van der Waals surface area contributed by atoms with Gasteiger partial charge in [0.2, 0.25) is 0 Å². The van der Waals surface area contributed by atoms with Crippen LogP contribution in [0.1, 0.15) is 37.1 Å². The summed E-state index contributed by atoms with van der Waals surface area (Å²) in [5, 5.41) is 10.3. The number of aromatic nitrogens is 1. The summed E-state index contributed by atoms with van der Waals surface area (Å²) in [5.74, 6) is -0.0802. The number of allylic oxidation sites excluding steroid dienone is 1. The molecule has 2 aliphatic rings. The molecule has 1 aliphatic carbocycles. The zero-order valence-electron chi connectivity index (χ0n) is 15.3. The van der Waals surface area contributed by atoms with Crippen LogP contribution >= 0.6 is 23.8 Å². The first-order valence-corrected chi connectivity index (χ1v) is 9.64. The third-order valence-corrected chi connectivity index (χ3v) is 5.49. The van der Waals surface area contributed by atoms with Crippen LogP contribution in [0.2, 0.25) is 5.02 Å². The maximum atomic E-state index is 14.7. The van der Waals surface area contributed by atoms with Crippen molar-refractivity contribution >= 4 is 40.7 Å². The third kappa shape index (κ3) is 3.38. The van der Waals surface area contributed by atoms with Crippen molar-refractivity contribution in [3.63, 3.8) is 0 Å². The number of carbonyl (C=O) groups excluding carboxylic acids is 1. The molecule has 1 atom stereocenters. The van der Waals surface area contributed by atoms with E-state index in [1.165, 1.54) is 12.1 Å². The van der Waals surface area contributed by atoms with Crippen LogP contribution in [-0.4, -0.2) is 27.1 Å². The summed E-state index contributed by atoms with van der Waals surface area (Å²) in [6.45, 7) is 3.54. The molecule has 1 aliphatic heterocycles. The number of nitrogens with one attached hydrogen (secondary N) is 2. The van der Waals surface area contributed by atoms with Gasteiger partial charge in [-0.15, -0.1) is 0 Å². The number of benzene rings is 1. The molecule has 1 unspecified atom stereocenters. The van der Waals surface area contributed by atoms with E-state index in [1.54, 1.807) is 19.1 Å². The van der Waals surface area contributed by atoms with Gasteiger partial charge in [0.05, 0.1) is 11.6 Å². The van der Waals surface area contributed by atoms with Gasteiger partial charge in [-0.3, -0.25) is 4.79 Å². The summed E-state index contributed by atoms with van der Waals surface area (Å²) >= 11 is 11.8. The number of halogens is 2. The van der Waals surface area contributed by atoms with Crippen molar-refractivity contribution in [3.05, 3.63) is 57.7 Å². The summed E-state index contributed by atoms with van der Waals surface area (Å²) in [6.07, 6.45) is 1.98. The molecule has 2 N–H and O–H groups in total. The maximum absolute atomic E-state index is 14.7. The van der Waals surface area contributed by atoms with Crippen molar-refractivity contribution < 1.29 is 13.7 Å². The Hall–Kier alpha value is -2.45. The fourth-order valence-corrected chi connectivity index (χ4v) is 4.11. The standard InChI is InChI=1S/C19H18ClFN4O2S/c1-9-8-14(24-27-9)22-18(26)15-10(2)25(11-6-7-11)19(28)23-17(15)16-12(20)4-3-5-13(16)21/h3-5,8,11,17H,6-7H2,1-2H3,(H,23,28)(H,22,24,26). The van der Waals surface area contributed by atoms with E-state index in [4.69, 9.17) is 28.3 Å². The first-order chi connectivity index (χ1) is 13.4. The number of carbonyl (C=O) groups is 1. The van der Waals surface area contributed by atoms with E-state index in [2.05, 4.69) is 15.8 Å². The quantitative estimate of drug-likeness (QED) is 0.726. The second kappa shape index (κ2) is 7.18. The lowest BCUT2D eigenvalue weighted by molar-refractivity contribution is -0.113. The Kier molecular flexibility index (Phi) is 4.84. The minimum atomic E-state index is -0.816. The summed E-state index contributed by atoms with van der Waals surface area (Å²) in [4.78, 5) is 15.1. The van der Waals surface area contributed by atoms with Crippen molar-refractivity contribution in [1.82, 2.24) is 15.4 Å². The molecule has 1 fully saturated rings. The maximum Gasteiger partial charge on any atom is 0.257 e. The van der Waals surface area contributed by atoms with Crippen LogP contribution < -0.4 is 10.6 Å². The molecule has 4 rings (SSSR count). The fraction of sp³-hybridized carbons (Fsp3) is 0.316. The van der Waals surface area contributed by atoms with Crippen LogP contribution in [0.4, 0.5) is 10.2 Å². The van der Waals surface area contributed by atoms with Gasteiger partial charge in [0, 0.05) is 28.4 Å². The van der Waals surface area contributed by atoms with Crippen LogP contribution in [0.5, 0.6) is 0 Å². The largest absolute Gasteiger partial charge is 0.360 e. The molecular weight excluding hydrogens is 403 g/mol. The molecule has 1 aromatic carbocycles. The highest BCUT2D eigenvalue weighted by Crippen LogP contribution is 2.40. The fourth-order valence-electron chi connectivity index (χ4n) is 3.44. The van der Waals surface area contributed by atoms with E-state index in [-0.39, 0.29) is 22.4 Å². The number of hydrogen-bond acceptors (Lipinski definition) is 4. The van der Waals surface area contributed by atoms with E-state index >= 15 is 0 Å². The Morgan fingerprint density at radius 2 is 2.18 bits per heavy atom. The van der Waals surface area contributed by atoms with Gasteiger partial charge < -0.3 is 20.1 Å². The van der Waals surface area contributed by atoms with Crippen molar-refractivity contribution in [2.45, 2.75) is 38.8 Å². The molecule has 1 saturated carbocycles. The zero-order chi connectivity index (χ0) is 20.0. The number of nitrogens with zero attached hydrogens (tertiary/aromatic N) is 2. The number of hydrogen-bond donors (Lipinski definition) is 2. The molecule has 6 nitrogen and oxygen atoms in total. The van der Waals surface area contributed by atoms with Crippen LogP contribution in [-0.2, 0) is 4.79 Å². The lowest BCUT2D eigenvalue weighted by Crippen LogP contribution is -2.49. The average molecular weight is 421 g/mol. The minimum absolute atomic E-state index is 0.183. The smallest absolute Gasteiger partial charge is 0.257 e. The van der Waals surface area contributed by atoms with E-state index in [0.29, 0.717) is 22.1 Å². The van der Waals surface area contributed by atoms with Crippen LogP contribution in [0, 0.1) is 12.7 Å². The summed E-state index contributed by atoms with van der Waals surface area (Å²) in [5.41, 5.74) is 1.20. The topological polar surface area (TPSA) is 70.4 Å². The average Bonchev–Trinajstić information content (AvgIpc) is 3.36. The predicted octanol–water partition coefficient (Wildman–Crippen LogP) is 4.08. The van der Waals surface area contributed by atoms with Crippen LogP contribution in [0.15, 0.2) is 40.1 Å². The van der Waals surface area contributed by atoms with Crippen LogP contribution in [0.3, 0.4) is 0 Å².